The maximum absolute atomic E-state index is 13.9. The van der Waals surface area contributed by atoms with Gasteiger partial charge in [-0.2, -0.15) is 0 Å². The summed E-state index contributed by atoms with van der Waals surface area (Å²) in [6.07, 6.45) is 0. The van der Waals surface area contributed by atoms with Crippen LogP contribution in [-0.2, 0) is 16.8 Å². The zero-order valence-electron chi connectivity index (χ0n) is 17.3. The van der Waals surface area contributed by atoms with Gasteiger partial charge in [0.1, 0.15) is 5.82 Å². The van der Waals surface area contributed by atoms with Crippen LogP contribution in [0, 0.1) is 5.82 Å². The third kappa shape index (κ3) is 5.40. The molecule has 0 aliphatic heterocycles. The molecule has 8 heteroatoms. The molecule has 0 bridgehead atoms. The van der Waals surface area contributed by atoms with Crippen molar-refractivity contribution in [2.24, 2.45) is 0 Å². The number of benzene rings is 2. The summed E-state index contributed by atoms with van der Waals surface area (Å²) in [5.41, 5.74) is 2.39. The smallest absolute Gasteiger partial charge is 0.277 e. The number of halogens is 2. The van der Waals surface area contributed by atoms with Crippen LogP contribution < -0.4 is 0 Å². The van der Waals surface area contributed by atoms with E-state index in [0.717, 1.165) is 17.3 Å². The highest BCUT2D eigenvalue weighted by atomic mass is 35.5. The molecule has 0 aliphatic rings. The quantitative estimate of drug-likeness (QED) is 0.462. The maximum atomic E-state index is 13.9. The molecule has 1 amide bonds. The normalized spacial score (nSPS) is 11.5. The highest BCUT2D eigenvalue weighted by molar-refractivity contribution is 7.99. The molecule has 0 atom stereocenters. The van der Waals surface area contributed by atoms with Crippen molar-refractivity contribution in [2.75, 3.05) is 12.8 Å². The summed E-state index contributed by atoms with van der Waals surface area (Å²) in [5, 5.41) is 8.66. The summed E-state index contributed by atoms with van der Waals surface area (Å²) in [7, 11) is 1.60. The lowest BCUT2D eigenvalue weighted by molar-refractivity contribution is -0.127. The second kappa shape index (κ2) is 9.18. The van der Waals surface area contributed by atoms with E-state index in [9.17, 15) is 9.18 Å². The molecule has 5 nitrogen and oxygen atoms in total. The van der Waals surface area contributed by atoms with Crippen molar-refractivity contribution in [1.29, 1.82) is 0 Å². The zero-order valence-corrected chi connectivity index (χ0v) is 18.9. The van der Waals surface area contributed by atoms with E-state index in [-0.39, 0.29) is 23.6 Å². The van der Waals surface area contributed by atoms with Gasteiger partial charge in [0.15, 0.2) is 0 Å². The zero-order chi connectivity index (χ0) is 21.9. The minimum Gasteiger partial charge on any atom is -0.411 e. The lowest BCUT2D eigenvalue weighted by Gasteiger charge is -2.18. The molecule has 0 aliphatic carbocycles. The minimum absolute atomic E-state index is 0.0632. The molecule has 3 aromatic rings. The molecule has 3 rings (SSSR count). The van der Waals surface area contributed by atoms with Crippen LogP contribution in [0.3, 0.4) is 0 Å². The van der Waals surface area contributed by atoms with Gasteiger partial charge < -0.3 is 9.32 Å². The molecule has 158 valence electrons. The SMILES string of the molecule is CN(Cc1c(F)cccc1Cl)C(=O)CSc1nnc(-c2ccc(C(C)(C)C)cc2)o1. The Morgan fingerprint density at radius 2 is 1.87 bits per heavy atom. The number of carbonyl (C=O) groups is 1. The molecular formula is C22H23ClFN3O2S. The number of nitrogens with zero attached hydrogens (tertiary/aromatic N) is 3. The molecule has 0 saturated heterocycles. The van der Waals surface area contributed by atoms with Crippen LogP contribution in [0.2, 0.25) is 5.02 Å². The van der Waals surface area contributed by atoms with Crippen LogP contribution in [0.15, 0.2) is 52.1 Å². The molecule has 0 spiro atoms. The second-order valence-electron chi connectivity index (χ2n) is 7.94. The Morgan fingerprint density at radius 3 is 2.50 bits per heavy atom. The lowest BCUT2D eigenvalue weighted by Crippen LogP contribution is -2.28. The number of hydrogen-bond donors (Lipinski definition) is 0. The Labute approximate surface area is 184 Å². The van der Waals surface area contributed by atoms with Crippen LogP contribution in [0.5, 0.6) is 0 Å². The summed E-state index contributed by atoms with van der Waals surface area (Å²) < 4.78 is 19.6. The second-order valence-corrected chi connectivity index (χ2v) is 9.27. The molecule has 0 saturated carbocycles. The summed E-state index contributed by atoms with van der Waals surface area (Å²) in [5.74, 6) is -0.146. The molecule has 0 N–H and O–H groups in total. The minimum atomic E-state index is -0.436. The highest BCUT2D eigenvalue weighted by Crippen LogP contribution is 2.27. The standard InChI is InChI=1S/C22H23ClFN3O2S/c1-22(2,3)15-10-8-14(9-11-15)20-25-26-21(29-20)30-13-19(28)27(4)12-16-17(23)6-5-7-18(16)24/h5-11H,12-13H2,1-4H3. The number of carbonyl (C=O) groups excluding carboxylic acids is 1. The van der Waals surface area contributed by atoms with Gasteiger partial charge >= 0.3 is 0 Å². The average molecular weight is 448 g/mol. The first-order valence-corrected chi connectivity index (χ1v) is 10.8. The first-order chi connectivity index (χ1) is 14.1. The molecule has 0 fully saturated rings. The van der Waals surface area contributed by atoms with Crippen LogP contribution in [0.25, 0.3) is 11.5 Å². The van der Waals surface area contributed by atoms with Crippen LogP contribution in [0.4, 0.5) is 4.39 Å². The Bertz CT molecular complexity index is 1010. The van der Waals surface area contributed by atoms with E-state index in [4.69, 9.17) is 16.0 Å². The lowest BCUT2D eigenvalue weighted by atomic mass is 9.87. The average Bonchev–Trinajstić information content (AvgIpc) is 3.17. The van der Waals surface area contributed by atoms with Gasteiger partial charge in [0.05, 0.1) is 5.75 Å². The van der Waals surface area contributed by atoms with Gasteiger partial charge in [-0.25, -0.2) is 4.39 Å². The predicted octanol–water partition coefficient (Wildman–Crippen LogP) is 5.58. The van der Waals surface area contributed by atoms with E-state index in [0.29, 0.717) is 21.7 Å². The molecular weight excluding hydrogens is 425 g/mol. The number of thioether (sulfide) groups is 1. The molecule has 0 radical (unpaired) electrons. The topological polar surface area (TPSA) is 59.2 Å². The molecule has 2 aromatic carbocycles. The fourth-order valence-corrected chi connectivity index (χ4v) is 3.67. The van der Waals surface area contributed by atoms with Gasteiger partial charge in [-0.1, -0.05) is 62.3 Å². The van der Waals surface area contributed by atoms with Crippen molar-refractivity contribution >= 4 is 29.3 Å². The van der Waals surface area contributed by atoms with E-state index in [1.807, 2.05) is 24.3 Å². The van der Waals surface area contributed by atoms with Crippen molar-refractivity contribution in [3.63, 3.8) is 0 Å². The largest absolute Gasteiger partial charge is 0.411 e. The van der Waals surface area contributed by atoms with E-state index in [1.54, 1.807) is 13.1 Å². The summed E-state index contributed by atoms with van der Waals surface area (Å²) in [6, 6.07) is 12.4. The van der Waals surface area contributed by atoms with Gasteiger partial charge in [0, 0.05) is 29.7 Å². The third-order valence-corrected chi connectivity index (χ3v) is 5.76. The first-order valence-electron chi connectivity index (χ1n) is 9.39. The Hall–Kier alpha value is -2.38. The summed E-state index contributed by atoms with van der Waals surface area (Å²) >= 11 is 7.17. The van der Waals surface area contributed by atoms with Crippen molar-refractivity contribution in [3.8, 4) is 11.5 Å². The number of amides is 1. The molecule has 1 heterocycles. The van der Waals surface area contributed by atoms with Crippen molar-refractivity contribution in [2.45, 2.75) is 38.0 Å². The molecule has 0 unspecified atom stereocenters. The van der Waals surface area contributed by atoms with Crippen molar-refractivity contribution in [3.05, 3.63) is 64.4 Å². The monoisotopic (exact) mass is 447 g/mol. The number of hydrogen-bond acceptors (Lipinski definition) is 5. The fraction of sp³-hybridized carbons (Fsp3) is 0.318. The van der Waals surface area contributed by atoms with E-state index in [1.165, 1.54) is 22.6 Å². The van der Waals surface area contributed by atoms with E-state index in [2.05, 4.69) is 31.0 Å². The fourth-order valence-electron chi connectivity index (χ4n) is 2.74. The van der Waals surface area contributed by atoms with Gasteiger partial charge in [-0.15, -0.1) is 10.2 Å². The Morgan fingerprint density at radius 1 is 1.17 bits per heavy atom. The third-order valence-electron chi connectivity index (χ3n) is 4.61. The Balaban J connectivity index is 1.59. The van der Waals surface area contributed by atoms with Gasteiger partial charge in [-0.3, -0.25) is 4.79 Å². The van der Waals surface area contributed by atoms with E-state index < -0.39 is 5.82 Å². The van der Waals surface area contributed by atoms with Crippen LogP contribution in [0.1, 0.15) is 31.9 Å². The number of aromatic nitrogens is 2. The summed E-state index contributed by atoms with van der Waals surface area (Å²) in [4.78, 5) is 13.8. The highest BCUT2D eigenvalue weighted by Gasteiger charge is 2.17. The van der Waals surface area contributed by atoms with E-state index >= 15 is 0 Å². The van der Waals surface area contributed by atoms with Gasteiger partial charge in [0.2, 0.25) is 11.8 Å². The predicted molar refractivity (Wildman–Crippen MR) is 117 cm³/mol. The molecule has 30 heavy (non-hydrogen) atoms. The van der Waals surface area contributed by atoms with Gasteiger partial charge in [-0.05, 0) is 35.2 Å². The van der Waals surface area contributed by atoms with Crippen molar-refractivity contribution in [1.82, 2.24) is 15.1 Å². The number of rotatable bonds is 6. The van der Waals surface area contributed by atoms with Crippen molar-refractivity contribution < 1.29 is 13.6 Å². The van der Waals surface area contributed by atoms with Crippen LogP contribution in [-0.4, -0.2) is 33.8 Å². The molecule has 1 aromatic heterocycles. The maximum Gasteiger partial charge on any atom is 0.277 e. The summed E-state index contributed by atoms with van der Waals surface area (Å²) in [6.45, 7) is 6.53. The van der Waals surface area contributed by atoms with Gasteiger partial charge in [0.25, 0.3) is 5.22 Å². The Kier molecular flexibility index (Phi) is 6.83. The van der Waals surface area contributed by atoms with Crippen LogP contribution >= 0.6 is 23.4 Å². The first kappa shape index (κ1) is 22.3.